The largest absolute Gasteiger partial charge is 0.335 e. The second-order valence-electron chi connectivity index (χ2n) is 9.15. The van der Waals surface area contributed by atoms with E-state index in [4.69, 9.17) is 9.97 Å². The fourth-order valence-corrected chi connectivity index (χ4v) is 4.75. The number of carbonyl (C=O) groups excluding carboxylic acids is 2. The molecule has 0 spiro atoms. The van der Waals surface area contributed by atoms with E-state index in [1.54, 1.807) is 11.9 Å². The van der Waals surface area contributed by atoms with Crippen LogP contribution in [0.3, 0.4) is 0 Å². The van der Waals surface area contributed by atoms with E-state index in [2.05, 4.69) is 30.9 Å². The van der Waals surface area contributed by atoms with E-state index < -0.39 is 0 Å². The molecule has 1 atom stereocenters. The zero-order chi connectivity index (χ0) is 22.8. The van der Waals surface area contributed by atoms with Gasteiger partial charge in [0.15, 0.2) is 0 Å². The molecule has 1 aromatic carbocycles. The number of rotatable bonds is 6. The van der Waals surface area contributed by atoms with Crippen LogP contribution >= 0.6 is 0 Å². The third-order valence-electron chi connectivity index (χ3n) is 6.63. The molecule has 2 aromatic rings. The van der Waals surface area contributed by atoms with Gasteiger partial charge >= 0.3 is 0 Å². The van der Waals surface area contributed by atoms with Crippen molar-refractivity contribution >= 4 is 17.6 Å². The molecule has 0 aliphatic carbocycles. The summed E-state index contributed by atoms with van der Waals surface area (Å²) >= 11 is 0. The minimum absolute atomic E-state index is 0.000818. The summed E-state index contributed by atoms with van der Waals surface area (Å²) in [4.78, 5) is 40.9. The number of aryl methyl sites for hydroxylation is 1. The predicted octanol–water partition coefficient (Wildman–Crippen LogP) is 3.27. The van der Waals surface area contributed by atoms with Gasteiger partial charge in [-0.1, -0.05) is 30.3 Å². The lowest BCUT2D eigenvalue weighted by molar-refractivity contribution is -0.135. The van der Waals surface area contributed by atoms with Crippen LogP contribution in [0.5, 0.6) is 0 Å². The van der Waals surface area contributed by atoms with Gasteiger partial charge in [-0.25, -0.2) is 9.97 Å². The summed E-state index contributed by atoms with van der Waals surface area (Å²) in [5.74, 6) is 1.67. The number of nitrogens with zero attached hydrogens (tertiary/aromatic N) is 5. The summed E-state index contributed by atoms with van der Waals surface area (Å²) in [5.41, 5.74) is 3.13. The van der Waals surface area contributed by atoms with Crippen molar-refractivity contribution in [1.29, 1.82) is 0 Å². The van der Waals surface area contributed by atoms with Gasteiger partial charge in [0.1, 0.15) is 11.6 Å². The van der Waals surface area contributed by atoms with E-state index >= 15 is 0 Å². The Morgan fingerprint density at radius 2 is 1.94 bits per heavy atom. The van der Waals surface area contributed by atoms with Crippen LogP contribution in [0.2, 0.25) is 0 Å². The number of hydrogen-bond donors (Lipinski definition) is 0. The molecule has 0 bridgehead atoms. The first-order chi connectivity index (χ1) is 15.3. The van der Waals surface area contributed by atoms with Gasteiger partial charge in [0, 0.05) is 37.3 Å². The van der Waals surface area contributed by atoms with E-state index in [1.165, 1.54) is 0 Å². The first kappa shape index (κ1) is 22.4. The number of hydrogen-bond acceptors (Lipinski definition) is 5. The molecule has 1 aromatic heterocycles. The van der Waals surface area contributed by atoms with E-state index in [0.29, 0.717) is 25.9 Å². The molecule has 2 aliphatic rings. The van der Waals surface area contributed by atoms with Crippen molar-refractivity contribution in [2.24, 2.45) is 0 Å². The molecule has 2 aliphatic heterocycles. The van der Waals surface area contributed by atoms with E-state index in [9.17, 15) is 9.59 Å². The number of likely N-dealkylation sites (tertiary alicyclic amines) is 1. The summed E-state index contributed by atoms with van der Waals surface area (Å²) in [5, 5.41) is 0. The Balaban J connectivity index is 1.53. The zero-order valence-electron chi connectivity index (χ0n) is 19.5. The maximum Gasteiger partial charge on any atom is 0.237 e. The maximum atomic E-state index is 13.3. The molecule has 0 N–H and O–H groups in total. The van der Waals surface area contributed by atoms with Crippen LogP contribution < -0.4 is 4.90 Å². The normalized spacial score (nSPS) is 18.8. The second kappa shape index (κ2) is 9.36. The lowest BCUT2D eigenvalue weighted by atomic mass is 10.0. The van der Waals surface area contributed by atoms with Crippen LogP contribution in [-0.2, 0) is 22.6 Å². The molecule has 0 unspecified atom stereocenters. The molecule has 1 fully saturated rings. The highest BCUT2D eigenvalue weighted by Gasteiger charge is 2.34. The van der Waals surface area contributed by atoms with Crippen molar-refractivity contribution in [3.63, 3.8) is 0 Å². The number of carbonyl (C=O) groups is 2. The van der Waals surface area contributed by atoms with Crippen LogP contribution in [0.15, 0.2) is 30.3 Å². The summed E-state index contributed by atoms with van der Waals surface area (Å²) in [6, 6.07) is 10.2. The fourth-order valence-electron chi connectivity index (χ4n) is 4.75. The summed E-state index contributed by atoms with van der Waals surface area (Å²) in [6.45, 7) is 7.93. The zero-order valence-corrected chi connectivity index (χ0v) is 19.5. The average molecular weight is 436 g/mol. The molecule has 32 heavy (non-hydrogen) atoms. The van der Waals surface area contributed by atoms with Crippen molar-refractivity contribution in [3.8, 4) is 0 Å². The lowest BCUT2D eigenvalue weighted by Gasteiger charge is -2.31. The van der Waals surface area contributed by atoms with Crippen molar-refractivity contribution < 1.29 is 9.59 Å². The lowest BCUT2D eigenvalue weighted by Crippen LogP contribution is -2.43. The standard InChI is InChI=1S/C25H33N5O2/c1-17(2)30(15-19-9-6-5-7-10-19)23(32)16-29-14-8-11-21(29)24-26-18(3)20-12-13-22(31)28(4)25(20)27-24/h5-7,9-10,17,21H,8,11-16H2,1-4H3/t21-/m1/s1. The van der Waals surface area contributed by atoms with Gasteiger partial charge in [-0.2, -0.15) is 0 Å². The Morgan fingerprint density at radius 1 is 1.19 bits per heavy atom. The molecule has 7 heteroatoms. The molecule has 0 saturated carbocycles. The summed E-state index contributed by atoms with van der Waals surface area (Å²) < 4.78 is 0. The molecule has 7 nitrogen and oxygen atoms in total. The Bertz CT molecular complexity index is 991. The molecule has 170 valence electrons. The van der Waals surface area contributed by atoms with Crippen LogP contribution in [0.1, 0.15) is 61.8 Å². The van der Waals surface area contributed by atoms with Crippen molar-refractivity contribution in [1.82, 2.24) is 19.8 Å². The maximum absolute atomic E-state index is 13.3. The number of fused-ring (bicyclic) bond motifs is 1. The number of amides is 2. The topological polar surface area (TPSA) is 69.6 Å². The SMILES string of the molecule is Cc1nc([C@H]2CCCN2CC(=O)N(Cc2ccccc2)C(C)C)nc2c1CCC(=O)N2C. The highest BCUT2D eigenvalue weighted by molar-refractivity contribution is 5.94. The predicted molar refractivity (Wildman–Crippen MR) is 124 cm³/mol. The highest BCUT2D eigenvalue weighted by Crippen LogP contribution is 2.34. The van der Waals surface area contributed by atoms with E-state index in [0.717, 1.165) is 47.8 Å². The van der Waals surface area contributed by atoms with Gasteiger partial charge in [0.2, 0.25) is 11.8 Å². The second-order valence-corrected chi connectivity index (χ2v) is 9.15. The number of benzene rings is 1. The highest BCUT2D eigenvalue weighted by atomic mass is 16.2. The number of anilines is 1. The average Bonchev–Trinajstić information content (AvgIpc) is 3.23. The van der Waals surface area contributed by atoms with Crippen LogP contribution in [-0.4, -0.2) is 57.8 Å². The monoisotopic (exact) mass is 435 g/mol. The van der Waals surface area contributed by atoms with Crippen LogP contribution in [0.25, 0.3) is 0 Å². The molecule has 0 radical (unpaired) electrons. The van der Waals surface area contributed by atoms with Gasteiger partial charge in [-0.15, -0.1) is 0 Å². The quantitative estimate of drug-likeness (QED) is 0.697. The Hall–Kier alpha value is -2.80. The summed E-state index contributed by atoms with van der Waals surface area (Å²) in [6.07, 6.45) is 3.12. The molecule has 4 rings (SSSR count). The Morgan fingerprint density at radius 3 is 2.66 bits per heavy atom. The molecular formula is C25H33N5O2. The van der Waals surface area contributed by atoms with Gasteiger partial charge in [0.25, 0.3) is 0 Å². The van der Waals surface area contributed by atoms with Gasteiger partial charge in [0.05, 0.1) is 12.6 Å². The van der Waals surface area contributed by atoms with Crippen LogP contribution in [0.4, 0.5) is 5.82 Å². The third-order valence-corrected chi connectivity index (χ3v) is 6.63. The van der Waals surface area contributed by atoms with Gasteiger partial charge < -0.3 is 4.90 Å². The molecular weight excluding hydrogens is 402 g/mol. The van der Waals surface area contributed by atoms with Crippen molar-refractivity contribution in [3.05, 3.63) is 53.0 Å². The third kappa shape index (κ3) is 4.53. The van der Waals surface area contributed by atoms with Gasteiger partial charge in [-0.05, 0) is 52.1 Å². The fraction of sp³-hybridized carbons (Fsp3) is 0.520. The van der Waals surface area contributed by atoms with Crippen molar-refractivity contribution in [2.75, 3.05) is 25.0 Å². The Labute approximate surface area is 190 Å². The number of aromatic nitrogens is 2. The molecule has 1 saturated heterocycles. The molecule has 3 heterocycles. The van der Waals surface area contributed by atoms with Crippen molar-refractivity contribution in [2.45, 2.75) is 65.1 Å². The van der Waals surface area contributed by atoms with E-state index in [1.807, 2.05) is 30.0 Å². The first-order valence-corrected chi connectivity index (χ1v) is 11.6. The smallest absolute Gasteiger partial charge is 0.237 e. The van der Waals surface area contributed by atoms with E-state index in [-0.39, 0.29) is 23.9 Å². The minimum Gasteiger partial charge on any atom is -0.335 e. The van der Waals surface area contributed by atoms with Crippen LogP contribution in [0, 0.1) is 6.92 Å². The minimum atomic E-state index is -0.000818. The summed E-state index contributed by atoms with van der Waals surface area (Å²) in [7, 11) is 1.79. The van der Waals surface area contributed by atoms with Gasteiger partial charge in [-0.3, -0.25) is 19.4 Å². The molecule has 2 amide bonds. The first-order valence-electron chi connectivity index (χ1n) is 11.6. The Kier molecular flexibility index (Phi) is 6.55.